The van der Waals surface area contributed by atoms with Gasteiger partial charge < -0.3 is 20.7 Å². The summed E-state index contributed by atoms with van der Waals surface area (Å²) < 4.78 is 7.19. The molecule has 1 unspecified atom stereocenters. The number of aromatic nitrogens is 4. The summed E-state index contributed by atoms with van der Waals surface area (Å²) >= 11 is 3.31. The maximum Gasteiger partial charge on any atom is 0.167 e. The molecule has 2 aromatic rings. The number of alkyl halides is 1. The van der Waals surface area contributed by atoms with Crippen LogP contribution < -0.4 is 5.73 Å². The predicted molar refractivity (Wildman–Crippen MR) is 69.5 cm³/mol. The Hall–Kier alpha value is -1.29. The zero-order chi connectivity index (χ0) is 13.6. The van der Waals surface area contributed by atoms with E-state index < -0.39 is 18.4 Å². The molecule has 4 atom stereocenters. The van der Waals surface area contributed by atoms with Crippen LogP contribution in [0.15, 0.2) is 12.7 Å². The molecule has 8 nitrogen and oxygen atoms in total. The number of rotatable bonds is 2. The zero-order valence-corrected chi connectivity index (χ0v) is 11.3. The Morgan fingerprint density at radius 2 is 2.21 bits per heavy atom. The lowest BCUT2D eigenvalue weighted by atomic mass is 10.2. The highest BCUT2D eigenvalue weighted by molar-refractivity contribution is 9.09. The van der Waals surface area contributed by atoms with E-state index >= 15 is 0 Å². The summed E-state index contributed by atoms with van der Waals surface area (Å²) in [5.41, 5.74) is 6.64. The molecule has 0 bridgehead atoms. The van der Waals surface area contributed by atoms with Crippen LogP contribution in [0.1, 0.15) is 6.23 Å². The van der Waals surface area contributed by atoms with Gasteiger partial charge in [-0.2, -0.15) is 0 Å². The molecule has 0 aliphatic carbocycles. The molecule has 2 aromatic heterocycles. The number of aliphatic hydroxyl groups excluding tert-OH is 2. The standard InChI is InChI=1S/C10H12BrN5O3/c11-5-4(1-17)19-10(7(5)18)16-3-15-6-8(12)13-2-14-9(6)16/h2-5,7,10,17-18H,1H2,(H2,12,13,14)/t4-,5?,7+,10-/m1/s1. The van der Waals surface area contributed by atoms with E-state index in [0.717, 1.165) is 0 Å². The van der Waals surface area contributed by atoms with Crippen LogP contribution in [0.4, 0.5) is 5.82 Å². The number of fused-ring (bicyclic) bond motifs is 1. The minimum Gasteiger partial charge on any atom is -0.394 e. The minimum atomic E-state index is -0.828. The summed E-state index contributed by atoms with van der Waals surface area (Å²) in [6.07, 6.45) is 0.818. The molecule has 19 heavy (non-hydrogen) atoms. The lowest BCUT2D eigenvalue weighted by Crippen LogP contribution is -2.28. The molecule has 3 heterocycles. The van der Waals surface area contributed by atoms with Gasteiger partial charge in [-0.3, -0.25) is 4.57 Å². The van der Waals surface area contributed by atoms with E-state index in [2.05, 4.69) is 30.9 Å². The van der Waals surface area contributed by atoms with Crippen molar-refractivity contribution in [2.45, 2.75) is 23.3 Å². The average Bonchev–Trinajstić information content (AvgIpc) is 2.94. The van der Waals surface area contributed by atoms with E-state index in [9.17, 15) is 10.2 Å². The van der Waals surface area contributed by atoms with Gasteiger partial charge in [0.05, 0.1) is 23.9 Å². The third kappa shape index (κ3) is 1.89. The van der Waals surface area contributed by atoms with Gasteiger partial charge in [-0.05, 0) is 0 Å². The first-order valence-corrected chi connectivity index (χ1v) is 6.56. The molecule has 1 aliphatic rings. The quantitative estimate of drug-likeness (QED) is 0.630. The van der Waals surface area contributed by atoms with Gasteiger partial charge in [0.2, 0.25) is 0 Å². The Labute approximate surface area is 116 Å². The number of hydrogen-bond donors (Lipinski definition) is 3. The molecule has 1 fully saturated rings. The van der Waals surface area contributed by atoms with Crippen LogP contribution >= 0.6 is 15.9 Å². The molecule has 0 aromatic carbocycles. The van der Waals surface area contributed by atoms with Crippen LogP contribution in [0, 0.1) is 0 Å². The van der Waals surface area contributed by atoms with E-state index in [-0.39, 0.29) is 17.3 Å². The van der Waals surface area contributed by atoms with Crippen LogP contribution in [0.25, 0.3) is 11.2 Å². The topological polar surface area (TPSA) is 119 Å². The molecular formula is C10H12BrN5O3. The van der Waals surface area contributed by atoms with Crippen LogP contribution in [0.3, 0.4) is 0 Å². The van der Waals surface area contributed by atoms with Crippen LogP contribution in [-0.4, -0.2) is 53.4 Å². The second-order valence-electron chi connectivity index (χ2n) is 4.27. The van der Waals surface area contributed by atoms with Gasteiger partial charge in [-0.15, -0.1) is 0 Å². The highest BCUT2D eigenvalue weighted by Gasteiger charge is 2.43. The van der Waals surface area contributed by atoms with E-state index in [1.165, 1.54) is 12.7 Å². The Kier molecular flexibility index (Phi) is 3.13. The van der Waals surface area contributed by atoms with Crippen molar-refractivity contribution < 1.29 is 14.9 Å². The number of halogens is 1. The first-order valence-electron chi connectivity index (χ1n) is 5.65. The van der Waals surface area contributed by atoms with E-state index in [0.29, 0.717) is 11.2 Å². The fraction of sp³-hybridized carbons (Fsp3) is 0.500. The van der Waals surface area contributed by atoms with E-state index in [1.807, 2.05) is 0 Å². The highest BCUT2D eigenvalue weighted by atomic mass is 79.9. The lowest BCUT2D eigenvalue weighted by molar-refractivity contribution is -0.0486. The van der Waals surface area contributed by atoms with E-state index in [1.54, 1.807) is 4.57 Å². The third-order valence-corrected chi connectivity index (χ3v) is 4.26. The molecule has 4 N–H and O–H groups in total. The molecule has 3 rings (SSSR count). The number of ether oxygens (including phenoxy) is 1. The number of nitrogens with two attached hydrogens (primary N) is 1. The summed E-state index contributed by atoms with van der Waals surface area (Å²) in [5, 5.41) is 19.3. The van der Waals surface area contributed by atoms with Crippen molar-refractivity contribution in [2.24, 2.45) is 0 Å². The SMILES string of the molecule is Nc1ncnc2c1ncn2[C@@H]1O[C@H](CO)C(Br)[C@@H]1O. The number of aliphatic hydroxyl groups is 2. The van der Waals surface area contributed by atoms with Gasteiger partial charge in [-0.1, -0.05) is 15.9 Å². The largest absolute Gasteiger partial charge is 0.394 e. The number of hydrogen-bond acceptors (Lipinski definition) is 7. The normalized spacial score (nSPS) is 31.1. The van der Waals surface area contributed by atoms with Crippen molar-refractivity contribution in [1.82, 2.24) is 19.5 Å². The minimum absolute atomic E-state index is 0.187. The first kappa shape index (κ1) is 12.7. The number of nitrogens with zero attached hydrogens (tertiary/aromatic N) is 4. The van der Waals surface area contributed by atoms with Crippen molar-refractivity contribution in [3.63, 3.8) is 0 Å². The van der Waals surface area contributed by atoms with Gasteiger partial charge in [0.1, 0.15) is 17.9 Å². The fourth-order valence-electron chi connectivity index (χ4n) is 2.14. The maximum absolute atomic E-state index is 10.2. The zero-order valence-electron chi connectivity index (χ0n) is 9.72. The Morgan fingerprint density at radius 1 is 1.42 bits per heavy atom. The molecule has 0 radical (unpaired) electrons. The molecule has 9 heteroatoms. The summed E-state index contributed by atoms with van der Waals surface area (Å²) in [6.45, 7) is -0.187. The molecule has 0 saturated carbocycles. The molecule has 0 spiro atoms. The van der Waals surface area contributed by atoms with Gasteiger partial charge >= 0.3 is 0 Å². The van der Waals surface area contributed by atoms with Crippen LogP contribution in [-0.2, 0) is 4.74 Å². The van der Waals surface area contributed by atoms with Crippen LogP contribution in [0.2, 0.25) is 0 Å². The summed E-state index contributed by atoms with van der Waals surface area (Å²) in [7, 11) is 0. The van der Waals surface area contributed by atoms with Gasteiger partial charge in [0, 0.05) is 0 Å². The molecule has 102 valence electrons. The average molecular weight is 330 g/mol. The Morgan fingerprint density at radius 3 is 2.89 bits per heavy atom. The van der Waals surface area contributed by atoms with Crippen molar-refractivity contribution in [3.05, 3.63) is 12.7 Å². The second-order valence-corrected chi connectivity index (χ2v) is 5.32. The molecule has 0 amide bonds. The summed E-state index contributed by atoms with van der Waals surface area (Å²) in [4.78, 5) is 11.7. The molecule has 1 aliphatic heterocycles. The highest BCUT2D eigenvalue weighted by Crippen LogP contribution is 2.35. The van der Waals surface area contributed by atoms with Crippen LogP contribution in [0.5, 0.6) is 0 Å². The van der Waals surface area contributed by atoms with Crippen molar-refractivity contribution >= 4 is 32.9 Å². The summed E-state index contributed by atoms with van der Waals surface area (Å²) in [6, 6.07) is 0. The second kappa shape index (κ2) is 4.67. The number of imidazole rings is 1. The van der Waals surface area contributed by atoms with Gasteiger partial charge in [-0.25, -0.2) is 15.0 Å². The van der Waals surface area contributed by atoms with Crippen molar-refractivity contribution in [1.29, 1.82) is 0 Å². The Balaban J connectivity index is 2.04. The lowest BCUT2D eigenvalue weighted by Gasteiger charge is -2.16. The Bertz CT molecular complexity index is 606. The molecule has 1 saturated heterocycles. The smallest absolute Gasteiger partial charge is 0.167 e. The number of anilines is 1. The summed E-state index contributed by atoms with van der Waals surface area (Å²) in [5.74, 6) is 0.269. The fourth-order valence-corrected chi connectivity index (χ4v) is 2.69. The number of nitrogen functional groups attached to an aromatic ring is 1. The monoisotopic (exact) mass is 329 g/mol. The first-order chi connectivity index (χ1) is 9.13. The van der Waals surface area contributed by atoms with E-state index in [4.69, 9.17) is 10.5 Å². The third-order valence-electron chi connectivity index (χ3n) is 3.13. The maximum atomic E-state index is 10.2. The molecular weight excluding hydrogens is 318 g/mol. The van der Waals surface area contributed by atoms with Gasteiger partial charge in [0.15, 0.2) is 17.7 Å². The van der Waals surface area contributed by atoms with Gasteiger partial charge in [0.25, 0.3) is 0 Å². The predicted octanol–water partition coefficient (Wildman–Crippen LogP) is -0.577. The van der Waals surface area contributed by atoms with Crippen molar-refractivity contribution in [2.75, 3.05) is 12.3 Å². The van der Waals surface area contributed by atoms with Crippen molar-refractivity contribution in [3.8, 4) is 0 Å².